The predicted octanol–water partition coefficient (Wildman–Crippen LogP) is 3.87. The largest absolute Gasteiger partial charge is 0.340 e. The van der Waals surface area contributed by atoms with E-state index in [-0.39, 0.29) is 10.7 Å². The smallest absolute Gasteiger partial charge is 0.243 e. The molecule has 1 fully saturated rings. The van der Waals surface area contributed by atoms with Gasteiger partial charge in [-0.25, -0.2) is 17.8 Å². The first-order chi connectivity index (χ1) is 15.9. The number of hydrogen-bond donors (Lipinski definition) is 3. The minimum absolute atomic E-state index is 0.266. The Labute approximate surface area is 193 Å². The molecule has 2 heterocycles. The molecule has 8 nitrogen and oxygen atoms in total. The van der Waals surface area contributed by atoms with Crippen LogP contribution in [0.3, 0.4) is 0 Å². The summed E-state index contributed by atoms with van der Waals surface area (Å²) in [5.74, 6) is 0.580. The van der Waals surface area contributed by atoms with Crippen molar-refractivity contribution in [1.29, 1.82) is 0 Å². The van der Waals surface area contributed by atoms with Crippen LogP contribution in [-0.2, 0) is 10.0 Å². The molecule has 1 saturated heterocycles. The first-order valence-electron chi connectivity index (χ1n) is 10.9. The average molecular weight is 471 g/mol. The number of rotatable bonds is 8. The van der Waals surface area contributed by atoms with Gasteiger partial charge in [0.25, 0.3) is 0 Å². The third-order valence-corrected chi connectivity index (χ3v) is 7.38. The van der Waals surface area contributed by atoms with E-state index >= 15 is 0 Å². The second-order valence-corrected chi connectivity index (χ2v) is 9.72. The van der Waals surface area contributed by atoms with Crippen molar-refractivity contribution in [3.05, 3.63) is 66.6 Å². The Morgan fingerprint density at radius 1 is 0.970 bits per heavy atom. The summed E-state index contributed by atoms with van der Waals surface area (Å²) < 4.78 is 40.6. The SMILES string of the molecule is CCNC1CCN(S(=O)(=O)c2ccc(Nc3nccc(Nc4ccc(F)cc4)n3)cc2)CC1. The van der Waals surface area contributed by atoms with Crippen molar-refractivity contribution < 1.29 is 12.8 Å². The van der Waals surface area contributed by atoms with Gasteiger partial charge in [0.2, 0.25) is 16.0 Å². The van der Waals surface area contributed by atoms with E-state index in [1.807, 2.05) is 0 Å². The van der Waals surface area contributed by atoms with Crippen molar-refractivity contribution in [2.75, 3.05) is 30.3 Å². The van der Waals surface area contributed by atoms with Crippen LogP contribution in [0.2, 0.25) is 0 Å². The third kappa shape index (κ3) is 5.84. The van der Waals surface area contributed by atoms with Gasteiger partial charge in [0.05, 0.1) is 4.90 Å². The van der Waals surface area contributed by atoms with Crippen LogP contribution in [0.1, 0.15) is 19.8 Å². The van der Waals surface area contributed by atoms with Gasteiger partial charge in [0, 0.05) is 36.7 Å². The number of benzene rings is 2. The molecule has 2 aromatic carbocycles. The summed E-state index contributed by atoms with van der Waals surface area (Å²) in [5.41, 5.74) is 1.36. The zero-order chi connectivity index (χ0) is 23.3. The molecule has 0 saturated carbocycles. The number of aromatic nitrogens is 2. The van der Waals surface area contributed by atoms with Gasteiger partial charge in [-0.2, -0.15) is 9.29 Å². The highest BCUT2D eigenvalue weighted by Gasteiger charge is 2.29. The molecule has 3 aromatic rings. The summed E-state index contributed by atoms with van der Waals surface area (Å²) in [6.45, 7) is 3.98. The van der Waals surface area contributed by atoms with E-state index in [1.54, 1.807) is 53.0 Å². The highest BCUT2D eigenvalue weighted by atomic mass is 32.2. The average Bonchev–Trinajstić information content (AvgIpc) is 2.82. The Morgan fingerprint density at radius 2 is 1.61 bits per heavy atom. The molecular formula is C23H27FN6O2S. The fraction of sp³-hybridized carbons (Fsp3) is 0.304. The second kappa shape index (κ2) is 10.2. The second-order valence-electron chi connectivity index (χ2n) is 7.78. The summed E-state index contributed by atoms with van der Waals surface area (Å²) in [6, 6.07) is 14.6. The van der Waals surface area contributed by atoms with Crippen LogP contribution in [-0.4, -0.2) is 48.4 Å². The number of sulfonamides is 1. The van der Waals surface area contributed by atoms with Crippen LogP contribution < -0.4 is 16.0 Å². The summed E-state index contributed by atoms with van der Waals surface area (Å²) in [4.78, 5) is 8.86. The molecule has 10 heteroatoms. The standard InChI is InChI=1S/C23H27FN6O2S/c1-2-25-18-12-15-30(16-13-18)33(31,32)21-9-7-20(8-10-21)28-23-26-14-11-22(29-23)27-19-5-3-17(24)4-6-19/h3-11,14,18,25H,2,12-13,15-16H2,1H3,(H2,26,27,28,29). The number of hydrogen-bond acceptors (Lipinski definition) is 7. The zero-order valence-corrected chi connectivity index (χ0v) is 19.1. The van der Waals surface area contributed by atoms with Crippen molar-refractivity contribution in [2.45, 2.75) is 30.7 Å². The molecule has 1 aliphatic rings. The van der Waals surface area contributed by atoms with Gasteiger partial charge in [-0.05, 0) is 74.0 Å². The summed E-state index contributed by atoms with van der Waals surface area (Å²) >= 11 is 0. The lowest BCUT2D eigenvalue weighted by Crippen LogP contribution is -2.44. The maximum absolute atomic E-state index is 13.1. The Hall–Kier alpha value is -3.08. The van der Waals surface area contributed by atoms with Crippen molar-refractivity contribution in [2.24, 2.45) is 0 Å². The number of piperidine rings is 1. The molecular weight excluding hydrogens is 443 g/mol. The van der Waals surface area contributed by atoms with E-state index in [1.165, 1.54) is 12.1 Å². The Bertz CT molecular complexity index is 1160. The van der Waals surface area contributed by atoms with Crippen molar-refractivity contribution >= 4 is 33.2 Å². The molecule has 174 valence electrons. The van der Waals surface area contributed by atoms with Gasteiger partial charge in [-0.15, -0.1) is 0 Å². The summed E-state index contributed by atoms with van der Waals surface area (Å²) in [5, 5.41) is 9.55. The minimum atomic E-state index is -3.52. The Balaban J connectivity index is 1.40. The molecule has 1 aliphatic heterocycles. The molecule has 0 spiro atoms. The number of halogens is 1. The fourth-order valence-electron chi connectivity index (χ4n) is 3.75. The van der Waals surface area contributed by atoms with E-state index in [9.17, 15) is 12.8 Å². The van der Waals surface area contributed by atoms with Crippen LogP contribution in [0.15, 0.2) is 65.7 Å². The molecule has 33 heavy (non-hydrogen) atoms. The molecule has 0 radical (unpaired) electrons. The molecule has 4 rings (SSSR count). The predicted molar refractivity (Wildman–Crippen MR) is 127 cm³/mol. The highest BCUT2D eigenvalue weighted by molar-refractivity contribution is 7.89. The number of nitrogens with one attached hydrogen (secondary N) is 3. The van der Waals surface area contributed by atoms with Gasteiger partial charge in [0.15, 0.2) is 0 Å². The van der Waals surface area contributed by atoms with Gasteiger partial charge >= 0.3 is 0 Å². The van der Waals surface area contributed by atoms with E-state index in [2.05, 4.69) is 32.8 Å². The van der Waals surface area contributed by atoms with Crippen molar-refractivity contribution in [1.82, 2.24) is 19.6 Å². The number of anilines is 4. The van der Waals surface area contributed by atoms with Gasteiger partial charge in [0.1, 0.15) is 11.6 Å². The lowest BCUT2D eigenvalue weighted by molar-refractivity contribution is 0.292. The molecule has 0 unspecified atom stereocenters. The lowest BCUT2D eigenvalue weighted by atomic mass is 10.1. The van der Waals surface area contributed by atoms with Crippen molar-refractivity contribution in [3.8, 4) is 0 Å². The first kappa shape index (κ1) is 23.1. The molecule has 3 N–H and O–H groups in total. The maximum atomic E-state index is 13.1. The van der Waals surface area contributed by atoms with E-state index in [0.717, 1.165) is 19.4 Å². The van der Waals surface area contributed by atoms with Crippen LogP contribution in [0.4, 0.5) is 27.5 Å². The molecule has 0 atom stereocenters. The Morgan fingerprint density at radius 3 is 2.27 bits per heavy atom. The van der Waals surface area contributed by atoms with Crippen LogP contribution >= 0.6 is 0 Å². The molecule has 1 aromatic heterocycles. The van der Waals surface area contributed by atoms with E-state index in [4.69, 9.17) is 0 Å². The minimum Gasteiger partial charge on any atom is -0.340 e. The van der Waals surface area contributed by atoms with Crippen LogP contribution in [0.5, 0.6) is 0 Å². The van der Waals surface area contributed by atoms with Crippen molar-refractivity contribution in [3.63, 3.8) is 0 Å². The summed E-state index contributed by atoms with van der Waals surface area (Å²) in [7, 11) is -3.52. The quantitative estimate of drug-likeness (QED) is 0.460. The van der Waals surface area contributed by atoms with Gasteiger partial charge < -0.3 is 16.0 Å². The molecule has 0 bridgehead atoms. The van der Waals surface area contributed by atoms with E-state index < -0.39 is 10.0 Å². The molecule has 0 amide bonds. The van der Waals surface area contributed by atoms with Crippen LogP contribution in [0, 0.1) is 5.82 Å². The Kier molecular flexibility index (Phi) is 7.17. The summed E-state index contributed by atoms with van der Waals surface area (Å²) in [6.07, 6.45) is 3.22. The third-order valence-electron chi connectivity index (χ3n) is 5.47. The first-order valence-corrected chi connectivity index (χ1v) is 12.3. The molecule has 0 aliphatic carbocycles. The van der Waals surface area contributed by atoms with Gasteiger partial charge in [-0.3, -0.25) is 0 Å². The van der Waals surface area contributed by atoms with E-state index in [0.29, 0.717) is 42.3 Å². The lowest BCUT2D eigenvalue weighted by Gasteiger charge is -2.31. The topological polar surface area (TPSA) is 99.3 Å². The normalized spacial score (nSPS) is 15.3. The highest BCUT2D eigenvalue weighted by Crippen LogP contribution is 2.23. The number of nitrogens with zero attached hydrogens (tertiary/aromatic N) is 3. The maximum Gasteiger partial charge on any atom is 0.243 e. The fourth-order valence-corrected chi connectivity index (χ4v) is 5.22. The van der Waals surface area contributed by atoms with Gasteiger partial charge in [-0.1, -0.05) is 6.92 Å². The monoisotopic (exact) mass is 470 g/mol. The zero-order valence-electron chi connectivity index (χ0n) is 18.3. The van der Waals surface area contributed by atoms with Crippen LogP contribution in [0.25, 0.3) is 0 Å².